The Balaban J connectivity index is 2.29. The van der Waals surface area contributed by atoms with E-state index < -0.39 is 0 Å². The zero-order valence-electron chi connectivity index (χ0n) is 10.9. The molecule has 0 spiro atoms. The Morgan fingerprint density at radius 1 is 1.16 bits per heavy atom. The maximum Gasteiger partial charge on any atom is 0.229 e. The molecule has 4 nitrogen and oxygen atoms in total. The van der Waals surface area contributed by atoms with Crippen molar-refractivity contribution < 1.29 is 4.39 Å². The van der Waals surface area contributed by atoms with Crippen LogP contribution in [0, 0.1) is 12.7 Å². The molecule has 0 aliphatic rings. The van der Waals surface area contributed by atoms with Gasteiger partial charge in [-0.2, -0.15) is 0 Å². The third kappa shape index (κ3) is 3.48. The van der Waals surface area contributed by atoms with Crippen LogP contribution in [0.25, 0.3) is 0 Å². The van der Waals surface area contributed by atoms with Crippen molar-refractivity contribution in [2.45, 2.75) is 13.3 Å². The number of hydrogen-bond acceptors (Lipinski definition) is 4. The van der Waals surface area contributed by atoms with Gasteiger partial charge in [-0.15, -0.1) is 0 Å². The predicted octanol–water partition coefficient (Wildman–Crippen LogP) is 2.41. The average molecular weight is 260 g/mol. The van der Waals surface area contributed by atoms with Crippen LogP contribution in [0.5, 0.6) is 0 Å². The molecular formula is C14H17FN4. The Morgan fingerprint density at radius 2 is 1.79 bits per heavy atom. The molecule has 0 unspecified atom stereocenters. The normalized spacial score (nSPS) is 10.5. The first kappa shape index (κ1) is 13.4. The van der Waals surface area contributed by atoms with Crippen molar-refractivity contribution in [2.75, 3.05) is 18.0 Å². The second-order valence-electron chi connectivity index (χ2n) is 4.33. The Hall–Kier alpha value is -2.01. The molecule has 100 valence electrons. The summed E-state index contributed by atoms with van der Waals surface area (Å²) in [7, 11) is 0. The quantitative estimate of drug-likeness (QED) is 0.897. The molecule has 5 heteroatoms. The van der Waals surface area contributed by atoms with Crippen molar-refractivity contribution in [1.82, 2.24) is 9.97 Å². The summed E-state index contributed by atoms with van der Waals surface area (Å²) in [5.74, 6) is 0.345. The van der Waals surface area contributed by atoms with Crippen LogP contribution in [-0.4, -0.2) is 23.1 Å². The molecule has 0 atom stereocenters. The van der Waals surface area contributed by atoms with E-state index in [1.54, 1.807) is 24.5 Å². The van der Waals surface area contributed by atoms with Crippen LogP contribution >= 0.6 is 0 Å². The molecule has 0 aliphatic carbocycles. The highest BCUT2D eigenvalue weighted by Crippen LogP contribution is 2.22. The first-order chi connectivity index (χ1) is 9.20. The summed E-state index contributed by atoms with van der Waals surface area (Å²) in [5, 5.41) is 0. The molecule has 0 radical (unpaired) electrons. The number of rotatable bonds is 5. The fourth-order valence-electron chi connectivity index (χ4n) is 1.74. The lowest BCUT2D eigenvalue weighted by Gasteiger charge is -2.22. The van der Waals surface area contributed by atoms with E-state index in [2.05, 4.69) is 9.97 Å². The van der Waals surface area contributed by atoms with Gasteiger partial charge in [0.2, 0.25) is 5.95 Å². The molecule has 1 aromatic heterocycles. The van der Waals surface area contributed by atoms with Crippen molar-refractivity contribution in [1.29, 1.82) is 0 Å². The minimum absolute atomic E-state index is 0.257. The highest BCUT2D eigenvalue weighted by atomic mass is 19.1. The number of hydrogen-bond donors (Lipinski definition) is 1. The monoisotopic (exact) mass is 260 g/mol. The fourth-order valence-corrected chi connectivity index (χ4v) is 1.74. The third-order valence-electron chi connectivity index (χ3n) is 2.73. The average Bonchev–Trinajstić information content (AvgIpc) is 2.43. The van der Waals surface area contributed by atoms with Crippen molar-refractivity contribution in [3.05, 3.63) is 48.0 Å². The number of nitrogens with two attached hydrogens (primary N) is 1. The number of halogens is 1. The van der Waals surface area contributed by atoms with E-state index in [1.165, 1.54) is 12.1 Å². The molecule has 0 amide bonds. The molecule has 0 saturated carbocycles. The number of aryl methyl sites for hydroxylation is 1. The van der Waals surface area contributed by atoms with Gasteiger partial charge in [0, 0.05) is 24.6 Å². The summed E-state index contributed by atoms with van der Waals surface area (Å²) < 4.78 is 13.0. The van der Waals surface area contributed by atoms with Crippen molar-refractivity contribution in [2.24, 2.45) is 5.73 Å². The molecule has 2 aromatic rings. The van der Waals surface area contributed by atoms with Crippen LogP contribution in [0.4, 0.5) is 16.0 Å². The summed E-state index contributed by atoms with van der Waals surface area (Å²) in [5.41, 5.74) is 7.42. The van der Waals surface area contributed by atoms with Crippen LogP contribution in [0.15, 0.2) is 36.7 Å². The van der Waals surface area contributed by atoms with Gasteiger partial charge in [0.05, 0.1) is 0 Å². The lowest BCUT2D eigenvalue weighted by molar-refractivity contribution is 0.627. The summed E-state index contributed by atoms with van der Waals surface area (Å²) in [6.45, 7) is 3.22. The van der Waals surface area contributed by atoms with Gasteiger partial charge in [-0.1, -0.05) is 0 Å². The second kappa shape index (κ2) is 6.24. The van der Waals surface area contributed by atoms with Gasteiger partial charge in [-0.3, -0.25) is 0 Å². The number of benzene rings is 1. The van der Waals surface area contributed by atoms with Gasteiger partial charge >= 0.3 is 0 Å². The van der Waals surface area contributed by atoms with Gasteiger partial charge < -0.3 is 10.6 Å². The Labute approximate surface area is 112 Å². The van der Waals surface area contributed by atoms with Crippen LogP contribution in [0.3, 0.4) is 0 Å². The lowest BCUT2D eigenvalue weighted by atomic mass is 10.2. The number of anilines is 2. The van der Waals surface area contributed by atoms with E-state index in [4.69, 9.17) is 5.73 Å². The standard InChI is InChI=1S/C14H17FN4/c1-11-9-17-14(18-10-11)19(8-2-7-16)13-5-3-12(15)4-6-13/h3-6,9-10H,2,7-8,16H2,1H3. The van der Waals surface area contributed by atoms with Gasteiger partial charge in [0.25, 0.3) is 0 Å². The maximum absolute atomic E-state index is 13.0. The maximum atomic E-state index is 13.0. The zero-order valence-corrected chi connectivity index (χ0v) is 10.9. The van der Waals surface area contributed by atoms with Gasteiger partial charge in [0.1, 0.15) is 5.82 Å². The second-order valence-corrected chi connectivity index (χ2v) is 4.33. The van der Waals surface area contributed by atoms with E-state index in [0.29, 0.717) is 19.0 Å². The predicted molar refractivity (Wildman–Crippen MR) is 73.8 cm³/mol. The zero-order chi connectivity index (χ0) is 13.7. The van der Waals surface area contributed by atoms with E-state index in [0.717, 1.165) is 17.7 Å². The lowest BCUT2D eigenvalue weighted by Crippen LogP contribution is -2.22. The third-order valence-corrected chi connectivity index (χ3v) is 2.73. The summed E-state index contributed by atoms with van der Waals surface area (Å²) in [6, 6.07) is 6.29. The molecule has 2 rings (SSSR count). The Morgan fingerprint density at radius 3 is 2.37 bits per heavy atom. The van der Waals surface area contributed by atoms with E-state index in [9.17, 15) is 4.39 Å². The van der Waals surface area contributed by atoms with Gasteiger partial charge in [0.15, 0.2) is 0 Å². The Kier molecular flexibility index (Phi) is 4.41. The summed E-state index contributed by atoms with van der Waals surface area (Å²) in [6.07, 6.45) is 4.34. The van der Waals surface area contributed by atoms with Gasteiger partial charge in [-0.05, 0) is 49.7 Å². The number of aromatic nitrogens is 2. The van der Waals surface area contributed by atoms with Crippen molar-refractivity contribution >= 4 is 11.6 Å². The first-order valence-corrected chi connectivity index (χ1v) is 6.22. The molecule has 0 aliphatic heterocycles. The Bertz CT molecular complexity index is 464. The minimum Gasteiger partial charge on any atom is -0.330 e. The molecule has 0 saturated heterocycles. The SMILES string of the molecule is Cc1cnc(N(CCCN)c2ccc(F)cc2)nc1. The molecule has 0 bridgehead atoms. The van der Waals surface area contributed by atoms with Crippen LogP contribution < -0.4 is 10.6 Å². The molecule has 19 heavy (non-hydrogen) atoms. The smallest absolute Gasteiger partial charge is 0.229 e. The van der Waals surface area contributed by atoms with E-state index >= 15 is 0 Å². The van der Waals surface area contributed by atoms with Crippen molar-refractivity contribution in [3.63, 3.8) is 0 Å². The topological polar surface area (TPSA) is 55.0 Å². The molecule has 1 heterocycles. The van der Waals surface area contributed by atoms with Gasteiger partial charge in [-0.25, -0.2) is 14.4 Å². The largest absolute Gasteiger partial charge is 0.330 e. The molecule has 1 aromatic carbocycles. The van der Waals surface area contributed by atoms with Crippen molar-refractivity contribution in [3.8, 4) is 0 Å². The highest BCUT2D eigenvalue weighted by Gasteiger charge is 2.11. The summed E-state index contributed by atoms with van der Waals surface area (Å²) in [4.78, 5) is 10.6. The summed E-state index contributed by atoms with van der Waals surface area (Å²) >= 11 is 0. The van der Waals surface area contributed by atoms with Crippen LogP contribution in [-0.2, 0) is 0 Å². The number of nitrogens with zero attached hydrogens (tertiary/aromatic N) is 3. The molecule has 0 fully saturated rings. The molecule has 2 N–H and O–H groups in total. The first-order valence-electron chi connectivity index (χ1n) is 6.22. The van der Waals surface area contributed by atoms with Crippen LogP contribution in [0.2, 0.25) is 0 Å². The van der Waals surface area contributed by atoms with E-state index in [-0.39, 0.29) is 5.82 Å². The molecular weight excluding hydrogens is 243 g/mol. The van der Waals surface area contributed by atoms with Crippen LogP contribution in [0.1, 0.15) is 12.0 Å². The van der Waals surface area contributed by atoms with E-state index in [1.807, 2.05) is 11.8 Å². The minimum atomic E-state index is -0.257. The highest BCUT2D eigenvalue weighted by molar-refractivity contribution is 5.56. The fraction of sp³-hybridized carbons (Fsp3) is 0.286.